The highest BCUT2D eigenvalue weighted by Gasteiger charge is 2.58. The van der Waals surface area contributed by atoms with Gasteiger partial charge in [-0.1, -0.05) is 30.3 Å². The lowest BCUT2D eigenvalue weighted by Crippen LogP contribution is -2.48. The van der Waals surface area contributed by atoms with Gasteiger partial charge in [-0.3, -0.25) is 4.79 Å². The van der Waals surface area contributed by atoms with Crippen molar-refractivity contribution < 1.29 is 23.1 Å². The monoisotopic (exact) mass is 426 g/mol. The van der Waals surface area contributed by atoms with E-state index < -0.39 is 29.1 Å². The maximum Gasteiger partial charge on any atom is 0.424 e. The first-order valence-corrected chi connectivity index (χ1v) is 10.6. The molecule has 1 aliphatic heterocycles. The quantitative estimate of drug-likeness (QED) is 0.742. The minimum absolute atomic E-state index is 0.388. The molecule has 1 unspecified atom stereocenters. The molecule has 2 heterocycles. The number of aromatic nitrogens is 1. The zero-order valence-electron chi connectivity index (χ0n) is 16.3. The van der Waals surface area contributed by atoms with Crippen molar-refractivity contribution >= 4 is 17.2 Å². The molecule has 1 N–H and O–H groups in total. The van der Waals surface area contributed by atoms with Gasteiger partial charge in [-0.25, -0.2) is 4.98 Å². The first-order valence-electron chi connectivity index (χ1n) is 9.72. The van der Waals surface area contributed by atoms with Crippen molar-refractivity contribution in [3.05, 3.63) is 52.0 Å². The lowest BCUT2D eigenvalue weighted by molar-refractivity contribution is -0.268. The van der Waals surface area contributed by atoms with Crippen molar-refractivity contribution in [1.82, 2.24) is 9.88 Å². The Labute approximate surface area is 172 Å². The van der Waals surface area contributed by atoms with Gasteiger partial charge in [0.15, 0.2) is 0 Å². The van der Waals surface area contributed by atoms with Gasteiger partial charge < -0.3 is 10.0 Å². The molecule has 8 heteroatoms. The number of piperidine rings is 1. The molecule has 0 bridgehead atoms. The van der Waals surface area contributed by atoms with Gasteiger partial charge in [0.1, 0.15) is 5.01 Å². The number of amides is 1. The Balaban J connectivity index is 1.56. The summed E-state index contributed by atoms with van der Waals surface area (Å²) in [5, 5.41) is 11.3. The molecule has 2 aromatic rings. The van der Waals surface area contributed by atoms with Crippen LogP contribution in [0.3, 0.4) is 0 Å². The van der Waals surface area contributed by atoms with Crippen LogP contribution >= 0.6 is 11.3 Å². The zero-order valence-corrected chi connectivity index (χ0v) is 17.1. The van der Waals surface area contributed by atoms with Crippen LogP contribution in [-0.2, 0) is 16.8 Å². The molecule has 1 aromatic carbocycles. The second-order valence-corrected chi connectivity index (χ2v) is 8.54. The molecule has 1 aliphatic rings. The van der Waals surface area contributed by atoms with Crippen LogP contribution in [0.15, 0.2) is 35.7 Å². The van der Waals surface area contributed by atoms with Crippen molar-refractivity contribution in [2.24, 2.45) is 5.92 Å². The minimum atomic E-state index is -4.97. The lowest BCUT2D eigenvalue weighted by Gasteiger charge is -2.35. The number of carbonyl (C=O) groups is 1. The standard InChI is InChI=1S/C21H25F3N2O2S/c1-15-14-29-19(25-15)20(28,21(22,23)24)13-18(27)26-11-9-17(10-12-26)8-7-16-5-3-2-4-6-16/h2-6,14,17,28H,7-13H2,1H3. The Morgan fingerprint density at radius 3 is 2.45 bits per heavy atom. The number of nitrogens with zero attached hydrogens (tertiary/aromatic N) is 2. The first kappa shape index (κ1) is 21.8. The average molecular weight is 427 g/mol. The molecule has 1 saturated heterocycles. The maximum absolute atomic E-state index is 13.6. The van der Waals surface area contributed by atoms with E-state index in [1.54, 1.807) is 6.92 Å². The fraction of sp³-hybridized carbons (Fsp3) is 0.524. The van der Waals surface area contributed by atoms with E-state index in [1.165, 1.54) is 15.8 Å². The number of alkyl halides is 3. The third-order valence-electron chi connectivity index (χ3n) is 5.50. The topological polar surface area (TPSA) is 53.4 Å². The molecule has 1 atom stereocenters. The summed E-state index contributed by atoms with van der Waals surface area (Å²) in [5.74, 6) is -0.235. The lowest BCUT2D eigenvalue weighted by atomic mass is 9.90. The Bertz CT molecular complexity index is 817. The van der Waals surface area contributed by atoms with Crippen LogP contribution in [0.25, 0.3) is 0 Å². The highest BCUT2D eigenvalue weighted by Crippen LogP contribution is 2.43. The first-order chi connectivity index (χ1) is 13.7. The maximum atomic E-state index is 13.6. The highest BCUT2D eigenvalue weighted by atomic mass is 32.1. The Kier molecular flexibility index (Phi) is 6.63. The molecule has 4 nitrogen and oxygen atoms in total. The van der Waals surface area contributed by atoms with E-state index in [4.69, 9.17) is 0 Å². The number of aryl methyl sites for hydroxylation is 2. The number of thiazole rings is 1. The van der Waals surface area contributed by atoms with Crippen LogP contribution < -0.4 is 0 Å². The number of benzene rings is 1. The van der Waals surface area contributed by atoms with Crippen LogP contribution in [0.2, 0.25) is 0 Å². The average Bonchev–Trinajstić information content (AvgIpc) is 3.13. The summed E-state index contributed by atoms with van der Waals surface area (Å²) in [6.07, 6.45) is -2.52. The fourth-order valence-electron chi connectivity index (χ4n) is 3.66. The molecule has 1 aromatic heterocycles. The highest BCUT2D eigenvalue weighted by molar-refractivity contribution is 7.09. The summed E-state index contributed by atoms with van der Waals surface area (Å²) in [4.78, 5) is 17.8. The normalized spacial score (nSPS) is 17.9. The van der Waals surface area contributed by atoms with E-state index >= 15 is 0 Å². The van der Waals surface area contributed by atoms with Gasteiger partial charge in [0.05, 0.1) is 6.42 Å². The summed E-state index contributed by atoms with van der Waals surface area (Å²) in [5.41, 5.74) is -1.59. The molecular formula is C21H25F3N2O2S. The largest absolute Gasteiger partial charge is 0.424 e. The SMILES string of the molecule is Cc1csc(C(O)(CC(=O)N2CCC(CCc3ccccc3)CC2)C(F)(F)F)n1. The van der Waals surface area contributed by atoms with E-state index in [-0.39, 0.29) is 0 Å². The fourth-order valence-corrected chi connectivity index (χ4v) is 4.57. The van der Waals surface area contributed by atoms with Gasteiger partial charge in [-0.05, 0) is 44.1 Å². The second kappa shape index (κ2) is 8.83. The van der Waals surface area contributed by atoms with E-state index in [2.05, 4.69) is 17.1 Å². The molecule has 0 aliphatic carbocycles. The molecule has 1 fully saturated rings. The van der Waals surface area contributed by atoms with Crippen molar-refractivity contribution in [3.63, 3.8) is 0 Å². The number of likely N-dealkylation sites (tertiary alicyclic amines) is 1. The number of carbonyl (C=O) groups excluding carboxylic acids is 1. The Morgan fingerprint density at radius 1 is 1.24 bits per heavy atom. The van der Waals surface area contributed by atoms with Crippen LogP contribution in [0, 0.1) is 12.8 Å². The summed E-state index contributed by atoms with van der Waals surface area (Å²) >= 11 is 0.725. The van der Waals surface area contributed by atoms with Gasteiger partial charge in [-0.15, -0.1) is 11.3 Å². The van der Waals surface area contributed by atoms with Crippen LogP contribution in [0.5, 0.6) is 0 Å². The van der Waals surface area contributed by atoms with Gasteiger partial charge in [-0.2, -0.15) is 13.2 Å². The van der Waals surface area contributed by atoms with E-state index in [0.717, 1.165) is 37.0 Å². The smallest absolute Gasteiger partial charge is 0.374 e. The number of hydrogen-bond acceptors (Lipinski definition) is 4. The van der Waals surface area contributed by atoms with Crippen molar-refractivity contribution in [2.75, 3.05) is 13.1 Å². The molecule has 3 rings (SSSR count). The Hall–Kier alpha value is -1.93. The predicted octanol–water partition coefficient (Wildman–Crippen LogP) is 4.46. The summed E-state index contributed by atoms with van der Waals surface area (Å²) in [6.45, 7) is 2.39. The molecule has 0 spiro atoms. The molecule has 0 saturated carbocycles. The van der Waals surface area contributed by atoms with Gasteiger partial charge in [0, 0.05) is 24.2 Å². The van der Waals surface area contributed by atoms with Crippen LogP contribution in [-0.4, -0.2) is 40.2 Å². The van der Waals surface area contributed by atoms with Crippen molar-refractivity contribution in [2.45, 2.75) is 50.8 Å². The predicted molar refractivity (Wildman–Crippen MR) is 105 cm³/mol. The summed E-state index contributed by atoms with van der Waals surface area (Å²) in [7, 11) is 0. The number of halogens is 3. The minimum Gasteiger partial charge on any atom is -0.374 e. The molecule has 158 valence electrons. The Morgan fingerprint density at radius 2 is 1.90 bits per heavy atom. The third kappa shape index (κ3) is 5.17. The third-order valence-corrected chi connectivity index (χ3v) is 6.61. The van der Waals surface area contributed by atoms with E-state index in [1.807, 2.05) is 18.2 Å². The molecular weight excluding hydrogens is 401 g/mol. The van der Waals surface area contributed by atoms with Crippen molar-refractivity contribution in [3.8, 4) is 0 Å². The zero-order chi connectivity index (χ0) is 21.1. The van der Waals surface area contributed by atoms with E-state index in [9.17, 15) is 23.1 Å². The molecule has 29 heavy (non-hydrogen) atoms. The number of rotatable bonds is 6. The number of hydrogen-bond donors (Lipinski definition) is 1. The van der Waals surface area contributed by atoms with Crippen LogP contribution in [0.4, 0.5) is 13.2 Å². The van der Waals surface area contributed by atoms with Crippen molar-refractivity contribution in [1.29, 1.82) is 0 Å². The summed E-state index contributed by atoms with van der Waals surface area (Å²) in [6, 6.07) is 10.1. The molecule has 0 radical (unpaired) electrons. The second-order valence-electron chi connectivity index (χ2n) is 7.68. The van der Waals surface area contributed by atoms with Gasteiger partial charge in [0.2, 0.25) is 11.5 Å². The number of aliphatic hydroxyl groups is 1. The molecule has 1 amide bonds. The van der Waals surface area contributed by atoms with Gasteiger partial charge >= 0.3 is 6.18 Å². The van der Waals surface area contributed by atoms with E-state index in [0.29, 0.717) is 24.7 Å². The summed E-state index contributed by atoms with van der Waals surface area (Å²) < 4.78 is 40.8. The van der Waals surface area contributed by atoms with Crippen LogP contribution in [0.1, 0.15) is 41.9 Å². The van der Waals surface area contributed by atoms with Gasteiger partial charge in [0.25, 0.3) is 0 Å².